The molecular weight excluding hydrogens is 521 g/mol. The molecule has 2 rings (SSSR count). The average Bonchev–Trinajstić information content (AvgIpc) is 2.77. The lowest BCUT2D eigenvalue weighted by atomic mass is 9.88. The molecule has 0 aliphatic heterocycles. The van der Waals surface area contributed by atoms with Crippen molar-refractivity contribution >= 4 is 12.1 Å². The normalized spacial score (nSPS) is 12.9. The van der Waals surface area contributed by atoms with Crippen molar-refractivity contribution in [3.63, 3.8) is 0 Å². The maximum atomic E-state index is 15.5. The van der Waals surface area contributed by atoms with Crippen molar-refractivity contribution in [2.45, 2.75) is 78.6 Å². The van der Waals surface area contributed by atoms with E-state index in [1.165, 1.54) is 19.1 Å². The molecule has 0 spiro atoms. The first-order valence-electron chi connectivity index (χ1n) is 12.5. The van der Waals surface area contributed by atoms with E-state index in [1.54, 1.807) is 40.7 Å². The molecule has 5 nitrogen and oxygen atoms in total. The van der Waals surface area contributed by atoms with E-state index in [-0.39, 0.29) is 12.2 Å². The number of carbonyl (C=O) groups is 2. The lowest BCUT2D eigenvalue weighted by molar-refractivity contribution is -0.143. The van der Waals surface area contributed by atoms with E-state index >= 15 is 4.39 Å². The summed E-state index contributed by atoms with van der Waals surface area (Å²) in [5.74, 6) is -3.06. The molecule has 0 radical (unpaired) electrons. The number of carbonyl (C=O) groups excluding carboxylic acids is 2. The van der Waals surface area contributed by atoms with Gasteiger partial charge in [0.1, 0.15) is 17.2 Å². The van der Waals surface area contributed by atoms with Crippen molar-refractivity contribution in [3.8, 4) is 11.1 Å². The Bertz CT molecular complexity index is 1220. The van der Waals surface area contributed by atoms with E-state index in [0.717, 1.165) is 6.07 Å². The highest BCUT2D eigenvalue weighted by molar-refractivity contribution is 5.76. The molecule has 0 unspecified atom stereocenters. The topological polar surface area (TPSA) is 64.6 Å². The van der Waals surface area contributed by atoms with Crippen molar-refractivity contribution in [2.24, 2.45) is 0 Å². The number of rotatable bonds is 9. The molecule has 0 bridgehead atoms. The van der Waals surface area contributed by atoms with Crippen LogP contribution in [0.1, 0.15) is 75.8 Å². The molecule has 0 saturated heterocycles. The first-order valence-corrected chi connectivity index (χ1v) is 12.5. The summed E-state index contributed by atoms with van der Waals surface area (Å²) in [7, 11) is 0. The molecule has 0 aliphatic carbocycles. The number of halogens is 5. The van der Waals surface area contributed by atoms with Gasteiger partial charge < -0.3 is 14.8 Å². The minimum absolute atomic E-state index is 0.0291. The Morgan fingerprint density at radius 3 is 2.31 bits per heavy atom. The number of hydrogen-bond acceptors (Lipinski definition) is 4. The maximum absolute atomic E-state index is 15.5. The molecule has 10 heteroatoms. The van der Waals surface area contributed by atoms with Crippen LogP contribution < -0.4 is 5.32 Å². The van der Waals surface area contributed by atoms with Crippen molar-refractivity contribution in [2.75, 3.05) is 6.61 Å². The first-order chi connectivity index (χ1) is 18.1. The predicted molar refractivity (Wildman–Crippen MR) is 138 cm³/mol. The smallest absolute Gasteiger partial charge is 0.419 e. The molecule has 2 aromatic rings. The quantitative estimate of drug-likeness (QED) is 0.194. The van der Waals surface area contributed by atoms with Crippen molar-refractivity contribution in [1.82, 2.24) is 5.32 Å². The number of alkyl carbamates (subject to hydrolysis) is 1. The Morgan fingerprint density at radius 2 is 1.74 bits per heavy atom. The third-order valence-corrected chi connectivity index (χ3v) is 5.64. The monoisotopic (exact) mass is 555 g/mol. The highest BCUT2D eigenvalue weighted by Gasteiger charge is 2.38. The van der Waals surface area contributed by atoms with Gasteiger partial charge in [-0.15, -0.1) is 0 Å². The summed E-state index contributed by atoms with van der Waals surface area (Å²) in [6.07, 6.45) is -2.37. The van der Waals surface area contributed by atoms with Crippen LogP contribution in [0.5, 0.6) is 0 Å². The molecule has 2 aromatic carbocycles. The predicted octanol–water partition coefficient (Wildman–Crippen LogP) is 7.99. The standard InChI is InChI=1S/C29H34F5NO4/c1-7-9-10-11-18-13-20(30)12-17(3)25(18)19-14-21(26(31)22(15-19)29(32,33)34)23(16-24(36)38-8-2)35-27(37)39-28(4,5)6/h7,9,12-15,23H,8,10-11,16H2,1-6H3,(H,35,37)/t23-/m0/s1. The Morgan fingerprint density at radius 1 is 1.08 bits per heavy atom. The lowest BCUT2D eigenvalue weighted by Gasteiger charge is -2.25. The van der Waals surface area contributed by atoms with E-state index in [9.17, 15) is 27.2 Å². The summed E-state index contributed by atoms with van der Waals surface area (Å²) in [5, 5.41) is 2.32. The zero-order valence-corrected chi connectivity index (χ0v) is 22.9. The minimum atomic E-state index is -5.10. The average molecular weight is 556 g/mol. The van der Waals surface area contributed by atoms with Gasteiger partial charge in [0.25, 0.3) is 0 Å². The number of nitrogens with one attached hydrogen (secondary N) is 1. The summed E-state index contributed by atoms with van der Waals surface area (Å²) in [6.45, 7) is 9.57. The van der Waals surface area contributed by atoms with Crippen LogP contribution in [0.3, 0.4) is 0 Å². The maximum Gasteiger partial charge on any atom is 0.419 e. The number of benzene rings is 2. The number of hydrogen-bond donors (Lipinski definition) is 1. The number of ether oxygens (including phenoxy) is 2. The summed E-state index contributed by atoms with van der Waals surface area (Å²) in [6, 6.07) is 2.67. The minimum Gasteiger partial charge on any atom is -0.466 e. The first kappa shape index (κ1) is 31.8. The van der Waals surface area contributed by atoms with Crippen molar-refractivity contribution in [1.29, 1.82) is 0 Å². The van der Waals surface area contributed by atoms with Gasteiger partial charge in [0.15, 0.2) is 0 Å². The molecule has 0 aromatic heterocycles. The fraction of sp³-hybridized carbons (Fsp3) is 0.448. The molecule has 0 aliphatic rings. The van der Waals surface area contributed by atoms with Crippen molar-refractivity contribution in [3.05, 3.63) is 70.3 Å². The lowest BCUT2D eigenvalue weighted by Crippen LogP contribution is -2.36. The van der Waals surface area contributed by atoms with E-state index in [4.69, 9.17) is 9.47 Å². The van der Waals surface area contributed by atoms with Gasteiger partial charge >= 0.3 is 18.2 Å². The molecule has 0 heterocycles. The zero-order valence-electron chi connectivity index (χ0n) is 22.9. The van der Waals surface area contributed by atoms with Gasteiger partial charge in [-0.3, -0.25) is 4.79 Å². The molecule has 1 atom stereocenters. The van der Waals surface area contributed by atoms with Gasteiger partial charge in [-0.1, -0.05) is 12.2 Å². The van der Waals surface area contributed by atoms with Gasteiger partial charge in [0, 0.05) is 5.56 Å². The Balaban J connectivity index is 2.80. The largest absolute Gasteiger partial charge is 0.466 e. The molecular formula is C29H34F5NO4. The fourth-order valence-corrected chi connectivity index (χ4v) is 4.15. The number of allylic oxidation sites excluding steroid dienone is 2. The molecule has 214 valence electrons. The Kier molecular flexibility index (Phi) is 10.7. The van der Waals surface area contributed by atoms with Gasteiger partial charge in [0.2, 0.25) is 0 Å². The molecule has 1 N–H and O–H groups in total. The molecule has 1 amide bonds. The zero-order chi connectivity index (χ0) is 29.5. The van der Waals surface area contributed by atoms with E-state index in [2.05, 4.69) is 5.32 Å². The van der Waals surface area contributed by atoms with Crippen LogP contribution in [0.25, 0.3) is 11.1 Å². The van der Waals surface area contributed by atoms with Gasteiger partial charge in [-0.25, -0.2) is 13.6 Å². The second-order valence-corrected chi connectivity index (χ2v) is 10.00. The Labute approximate surface area is 225 Å². The third-order valence-electron chi connectivity index (χ3n) is 5.64. The number of esters is 1. The van der Waals surface area contributed by atoms with E-state index in [0.29, 0.717) is 35.6 Å². The van der Waals surface area contributed by atoms with Crippen LogP contribution in [0, 0.1) is 18.6 Å². The van der Waals surface area contributed by atoms with Crippen LogP contribution in [0.2, 0.25) is 0 Å². The van der Waals surface area contributed by atoms with Crippen LogP contribution in [-0.2, 0) is 26.9 Å². The van der Waals surface area contributed by atoms with Crippen LogP contribution in [0.4, 0.5) is 26.7 Å². The third kappa shape index (κ3) is 9.07. The summed E-state index contributed by atoms with van der Waals surface area (Å²) in [5.41, 5.74) is -2.09. The fourth-order valence-electron chi connectivity index (χ4n) is 4.15. The van der Waals surface area contributed by atoms with Gasteiger partial charge in [-0.05, 0) is 101 Å². The highest BCUT2D eigenvalue weighted by atomic mass is 19.4. The van der Waals surface area contributed by atoms with Crippen LogP contribution in [0.15, 0.2) is 36.4 Å². The van der Waals surface area contributed by atoms with Crippen LogP contribution in [-0.4, -0.2) is 24.3 Å². The SMILES string of the molecule is CC=CCCc1cc(F)cc(C)c1-c1cc([C@H](CC(=O)OCC)NC(=O)OC(C)(C)C)c(F)c(C(F)(F)F)c1. The van der Waals surface area contributed by atoms with E-state index in [1.807, 2.05) is 6.08 Å². The summed E-state index contributed by atoms with van der Waals surface area (Å²) >= 11 is 0. The van der Waals surface area contributed by atoms with Gasteiger partial charge in [0.05, 0.1) is 24.6 Å². The van der Waals surface area contributed by atoms with Crippen molar-refractivity contribution < 1.29 is 41.0 Å². The van der Waals surface area contributed by atoms with Gasteiger partial charge in [-0.2, -0.15) is 13.2 Å². The number of amides is 1. The number of alkyl halides is 3. The van der Waals surface area contributed by atoms with Crippen LogP contribution >= 0.6 is 0 Å². The number of aryl methyl sites for hydroxylation is 2. The van der Waals surface area contributed by atoms with E-state index < -0.39 is 59.1 Å². The second-order valence-electron chi connectivity index (χ2n) is 10.00. The second kappa shape index (κ2) is 13.1. The molecule has 0 fully saturated rings. The highest BCUT2D eigenvalue weighted by Crippen LogP contribution is 2.40. The summed E-state index contributed by atoms with van der Waals surface area (Å²) in [4.78, 5) is 24.9. The summed E-state index contributed by atoms with van der Waals surface area (Å²) < 4.78 is 82.1. The molecule has 39 heavy (non-hydrogen) atoms. The Hall–Kier alpha value is -3.43. The molecule has 0 saturated carbocycles.